The number of aromatic nitrogens is 6. The number of rotatable bonds is 8. The van der Waals surface area contributed by atoms with Crippen LogP contribution in [0.1, 0.15) is 50.2 Å². The topological polar surface area (TPSA) is 255 Å². The molecule has 0 saturated carbocycles. The largest absolute Gasteiger partial charge is 0.433 e. The zero-order chi connectivity index (χ0) is 60.6. The molecule has 8 amide bonds. The number of carbonyl (C=O) groups excluding carboxylic acids is 4. The van der Waals surface area contributed by atoms with Crippen molar-refractivity contribution < 1.29 is 102 Å². The predicted octanol–water partition coefficient (Wildman–Crippen LogP) is 5.34. The van der Waals surface area contributed by atoms with Crippen LogP contribution in [-0.4, -0.2) is 185 Å². The molecule has 4 aromatic rings. The van der Waals surface area contributed by atoms with Crippen molar-refractivity contribution in [2.75, 3.05) is 61.0 Å². The van der Waals surface area contributed by atoms with Crippen molar-refractivity contribution in [3.63, 3.8) is 0 Å². The average Bonchev–Trinajstić information content (AvgIpc) is 4.15. The Bertz CT molecular complexity index is 2670. The fourth-order valence-corrected chi connectivity index (χ4v) is 7.98. The smallest absolute Gasteiger partial charge is 0.371 e. The molecule has 36 heteroatoms. The first-order valence-electron chi connectivity index (χ1n) is 23.3. The monoisotopic (exact) mass is 1170 g/mol. The minimum atomic E-state index is -4.56. The number of aryl methyl sites for hydroxylation is 2. The van der Waals surface area contributed by atoms with Gasteiger partial charge < -0.3 is 39.7 Å². The molecule has 8 rings (SSSR count). The molecule has 4 saturated heterocycles. The van der Waals surface area contributed by atoms with Gasteiger partial charge in [-0.05, 0) is 52.0 Å². The first-order valence-corrected chi connectivity index (χ1v) is 23.3. The molecule has 4 fully saturated rings. The Balaban J connectivity index is 0.000000196. The van der Waals surface area contributed by atoms with Gasteiger partial charge in [0.25, 0.3) is 0 Å². The van der Waals surface area contributed by atoms with Crippen molar-refractivity contribution in [2.24, 2.45) is 14.1 Å². The second-order valence-electron chi connectivity index (χ2n) is 17.7. The Morgan fingerprint density at radius 2 is 0.738 bits per heavy atom. The van der Waals surface area contributed by atoms with Gasteiger partial charge in [0.15, 0.2) is 49.0 Å². The normalized spacial score (nSPS) is 23.7. The van der Waals surface area contributed by atoms with Crippen molar-refractivity contribution in [3.05, 3.63) is 71.3 Å². The Morgan fingerprint density at radius 3 is 0.975 bits per heavy atom. The van der Waals surface area contributed by atoms with Gasteiger partial charge in [0, 0.05) is 80.0 Å². The molecule has 0 spiro atoms. The fraction of sp³-hybridized carbons (Fsp3) is 0.545. The van der Waals surface area contributed by atoms with Crippen LogP contribution in [0.25, 0.3) is 0 Å². The van der Waals surface area contributed by atoms with Crippen LogP contribution in [0.2, 0.25) is 0 Å². The summed E-state index contributed by atoms with van der Waals surface area (Å²) in [6.45, 7) is 7.02. The number of nitrogens with zero attached hydrogens (tertiary/aromatic N) is 14. The van der Waals surface area contributed by atoms with Crippen LogP contribution >= 0.6 is 0 Å². The van der Waals surface area contributed by atoms with E-state index in [4.69, 9.17) is 9.47 Å². The van der Waals surface area contributed by atoms with Crippen LogP contribution in [-0.2, 0) is 48.3 Å². The molecule has 0 aliphatic carbocycles. The molecule has 4 N–H and O–H groups in total. The SMILES string of the molecule is CCO[C@@H]1C(O)N(c2cc(C(F)(F)F)ccn2)C(=O)N1C.CCO[C@H]1C(O)N(c2cc(C(F)(F)F)ccn2)C(=O)N1C.C[C@@H]1C(O)N(c2cc(C(F)(F)F)n(C)n2)C(=O)N1C.C[C@H]1C(O)N(c2cc(C(F)(F)F)n(C)n2)C(=O)N1C. The molecular formula is C44H54F12N14O10. The van der Waals surface area contributed by atoms with Crippen LogP contribution in [0.4, 0.5) is 95.1 Å². The molecule has 0 radical (unpaired) electrons. The van der Waals surface area contributed by atoms with Crippen LogP contribution in [0.15, 0.2) is 48.8 Å². The molecule has 0 aromatic carbocycles. The van der Waals surface area contributed by atoms with Crippen LogP contribution in [0.3, 0.4) is 0 Å². The van der Waals surface area contributed by atoms with E-state index in [0.29, 0.717) is 21.5 Å². The highest BCUT2D eigenvalue weighted by Gasteiger charge is 2.49. The summed E-state index contributed by atoms with van der Waals surface area (Å²) in [5, 5.41) is 47.2. The molecule has 80 heavy (non-hydrogen) atoms. The third kappa shape index (κ3) is 13.0. The molecule has 24 nitrogen and oxygen atoms in total. The van der Waals surface area contributed by atoms with Gasteiger partial charge in [-0.3, -0.25) is 19.2 Å². The summed E-state index contributed by atoms with van der Waals surface area (Å²) < 4.78 is 164. The predicted molar refractivity (Wildman–Crippen MR) is 251 cm³/mol. The molecule has 4 aromatic heterocycles. The highest BCUT2D eigenvalue weighted by atomic mass is 19.4. The number of alkyl halides is 12. The summed E-state index contributed by atoms with van der Waals surface area (Å²) >= 11 is 0. The second-order valence-corrected chi connectivity index (χ2v) is 17.7. The number of carbonyl (C=O) groups is 4. The number of likely N-dealkylation sites (N-methyl/N-ethyl adjacent to an activating group) is 4. The number of pyridine rings is 2. The van der Waals surface area contributed by atoms with Gasteiger partial charge in [-0.25, -0.2) is 48.7 Å². The zero-order valence-electron chi connectivity index (χ0n) is 43.7. The highest BCUT2D eigenvalue weighted by molar-refractivity contribution is 5.96. The molecule has 4 unspecified atom stereocenters. The third-order valence-electron chi connectivity index (χ3n) is 12.6. The van der Waals surface area contributed by atoms with Crippen LogP contribution in [0, 0.1) is 0 Å². The highest BCUT2D eigenvalue weighted by Crippen LogP contribution is 2.38. The first kappa shape index (κ1) is 63.6. The van der Waals surface area contributed by atoms with Gasteiger partial charge in [-0.15, -0.1) is 0 Å². The summed E-state index contributed by atoms with van der Waals surface area (Å²) in [5.74, 6) is -1.00. The van der Waals surface area contributed by atoms with Crippen molar-refractivity contribution in [3.8, 4) is 0 Å². The summed E-state index contributed by atoms with van der Waals surface area (Å²) in [6, 6.07) is 0.888. The molecule has 8 heterocycles. The molecule has 4 aliphatic heterocycles. The van der Waals surface area contributed by atoms with Crippen molar-refractivity contribution in [1.29, 1.82) is 0 Å². The number of anilines is 4. The van der Waals surface area contributed by atoms with Gasteiger partial charge in [0.05, 0.1) is 23.2 Å². The first-order chi connectivity index (χ1) is 36.8. The number of aliphatic hydroxyl groups excluding tert-OH is 4. The number of halogens is 12. The maximum atomic E-state index is 12.7. The maximum absolute atomic E-state index is 12.7. The number of urea groups is 4. The lowest BCUT2D eigenvalue weighted by atomic mass is 10.2. The zero-order valence-corrected chi connectivity index (χ0v) is 43.7. The van der Waals surface area contributed by atoms with Crippen molar-refractivity contribution >= 4 is 47.4 Å². The Hall–Kier alpha value is -7.28. The fourth-order valence-electron chi connectivity index (χ4n) is 7.98. The van der Waals surface area contributed by atoms with Crippen molar-refractivity contribution in [2.45, 2.75) is 102 Å². The van der Waals surface area contributed by atoms with Gasteiger partial charge in [0.1, 0.15) is 23.0 Å². The van der Waals surface area contributed by atoms with E-state index in [-0.39, 0.29) is 36.5 Å². The van der Waals surface area contributed by atoms with Crippen LogP contribution in [0.5, 0.6) is 0 Å². The number of hydrogen-bond acceptors (Lipinski definition) is 14. The second kappa shape index (κ2) is 23.8. The Labute approximate surface area is 446 Å². The molecular weight excluding hydrogens is 1110 g/mol. The standard InChI is InChI=1S/2C12H14F3N3O3.2C10H13F3N4O2/c2*1-3-21-10-9(19)18(11(20)17(10)2)8-6-7(4-5-16-8)12(13,14)15;2*1-5-8(18)17(9(19)15(5)2)7-4-6(10(11,12)13)16(3)14-7/h2*4-6,9-10,19H,3H2,1-2H3;2*4-5,8,18H,1-3H3/t2*9?,10-;2*5-,8?/m1010/s1. The lowest BCUT2D eigenvalue weighted by molar-refractivity contribution is -0.144. The lowest BCUT2D eigenvalue weighted by Crippen LogP contribution is -2.38. The molecule has 0 bridgehead atoms. The lowest BCUT2D eigenvalue weighted by Gasteiger charge is -2.21. The average molecular weight is 1170 g/mol. The van der Waals surface area contributed by atoms with E-state index in [9.17, 15) is 92.3 Å². The Kier molecular flexibility index (Phi) is 18.9. The molecule has 8 atom stereocenters. The summed E-state index contributed by atoms with van der Waals surface area (Å²) in [6.07, 6.45) is -23.6. The van der Waals surface area contributed by atoms with E-state index >= 15 is 0 Å². The molecule has 4 aliphatic rings. The summed E-state index contributed by atoms with van der Waals surface area (Å²) in [4.78, 5) is 63.2. The van der Waals surface area contributed by atoms with E-state index in [1.165, 1.54) is 38.0 Å². The minimum Gasteiger partial charge on any atom is -0.371 e. The molecule has 444 valence electrons. The van der Waals surface area contributed by atoms with Crippen LogP contribution < -0.4 is 19.6 Å². The van der Waals surface area contributed by atoms with E-state index in [1.807, 2.05) is 0 Å². The minimum absolute atomic E-state index is 0.219. The van der Waals surface area contributed by atoms with E-state index in [2.05, 4.69) is 20.2 Å². The number of amides is 8. The van der Waals surface area contributed by atoms with Gasteiger partial charge >= 0.3 is 48.8 Å². The number of aliphatic hydroxyl groups is 4. The summed E-state index contributed by atoms with van der Waals surface area (Å²) in [5.41, 5.74) is -3.86. The number of ether oxygens (including phenoxy) is 2. The number of hydrogen-bond donors (Lipinski definition) is 4. The van der Waals surface area contributed by atoms with Crippen molar-refractivity contribution in [1.82, 2.24) is 49.1 Å². The summed E-state index contributed by atoms with van der Waals surface area (Å²) in [7, 11) is 7.96. The van der Waals surface area contributed by atoms with E-state index in [0.717, 1.165) is 80.2 Å². The third-order valence-corrected chi connectivity index (χ3v) is 12.6. The van der Waals surface area contributed by atoms with Gasteiger partial charge in [-0.1, -0.05) is 0 Å². The van der Waals surface area contributed by atoms with E-state index < -0.39 is 121 Å². The van der Waals surface area contributed by atoms with Gasteiger partial charge in [-0.2, -0.15) is 62.9 Å². The van der Waals surface area contributed by atoms with E-state index in [1.54, 1.807) is 27.7 Å². The van der Waals surface area contributed by atoms with Gasteiger partial charge in [0.2, 0.25) is 0 Å². The Morgan fingerprint density at radius 1 is 0.450 bits per heavy atom. The quantitative estimate of drug-likeness (QED) is 0.163. The maximum Gasteiger partial charge on any atom is 0.433 e.